The highest BCUT2D eigenvalue weighted by atomic mass is 35.5. The van der Waals surface area contributed by atoms with Crippen molar-refractivity contribution < 1.29 is 19.0 Å². The summed E-state index contributed by atoms with van der Waals surface area (Å²) in [5, 5.41) is 10.4. The molecule has 1 saturated carbocycles. The van der Waals surface area contributed by atoms with Crippen LogP contribution in [0.1, 0.15) is 37.7 Å². The summed E-state index contributed by atoms with van der Waals surface area (Å²) in [5.74, 6) is 1.47. The minimum atomic E-state index is -0.245. The van der Waals surface area contributed by atoms with E-state index in [0.717, 1.165) is 50.1 Å². The van der Waals surface area contributed by atoms with Crippen LogP contribution in [-0.2, 0) is 6.42 Å². The molecule has 33 heavy (non-hydrogen) atoms. The number of anilines is 1. The number of hydrogen-bond donors (Lipinski definition) is 3. The van der Waals surface area contributed by atoms with Crippen LogP contribution in [0.5, 0.6) is 17.2 Å². The molecule has 8 heteroatoms. The van der Waals surface area contributed by atoms with E-state index in [0.29, 0.717) is 22.9 Å². The molecule has 1 aliphatic rings. The molecular formula is C25H34ClN3O4. The summed E-state index contributed by atoms with van der Waals surface area (Å²) in [6, 6.07) is 11.6. The van der Waals surface area contributed by atoms with Crippen molar-refractivity contribution >= 4 is 23.3 Å². The van der Waals surface area contributed by atoms with Gasteiger partial charge in [0.2, 0.25) is 5.75 Å². The third kappa shape index (κ3) is 7.17. The minimum Gasteiger partial charge on any atom is -0.493 e. The smallest absolute Gasteiger partial charge is 0.319 e. The fourth-order valence-electron chi connectivity index (χ4n) is 4.26. The molecule has 2 amide bonds. The lowest BCUT2D eigenvalue weighted by atomic mass is 10.1. The summed E-state index contributed by atoms with van der Waals surface area (Å²) in [4.78, 5) is 12.7. The third-order valence-electron chi connectivity index (χ3n) is 5.97. The molecule has 2 aromatic carbocycles. The molecule has 0 spiro atoms. The molecule has 0 aliphatic heterocycles. The van der Waals surface area contributed by atoms with Crippen LogP contribution in [0.2, 0.25) is 5.02 Å². The average molecular weight is 476 g/mol. The Hall–Kier alpha value is -2.64. The molecule has 2 atom stereocenters. The number of amides is 2. The van der Waals surface area contributed by atoms with Crippen molar-refractivity contribution in [3.8, 4) is 17.2 Å². The van der Waals surface area contributed by atoms with Crippen LogP contribution in [-0.4, -0.2) is 46.0 Å². The fraction of sp³-hybridized carbons (Fsp3) is 0.480. The second-order valence-corrected chi connectivity index (χ2v) is 8.63. The quantitative estimate of drug-likeness (QED) is 0.397. The standard InChI is InChI=1S/C25H34ClN3O4/c1-31-22-15-19(16-23(32-2)24(22)33-3)28-25(30)29-21-9-6-8-20(21)27-14-5-4-7-17-10-12-18(26)13-11-17/h10-13,15-16,20-21,27H,4-9,14H2,1-3H3,(H2,28,29,30). The van der Waals surface area contributed by atoms with Crippen LogP contribution in [0.15, 0.2) is 36.4 Å². The van der Waals surface area contributed by atoms with Crippen molar-refractivity contribution in [3.05, 3.63) is 47.0 Å². The largest absolute Gasteiger partial charge is 0.493 e. The third-order valence-corrected chi connectivity index (χ3v) is 6.22. The Bertz CT molecular complexity index is 882. The van der Waals surface area contributed by atoms with Crippen LogP contribution >= 0.6 is 11.6 Å². The topological polar surface area (TPSA) is 80.9 Å². The number of ether oxygens (including phenoxy) is 3. The zero-order valence-electron chi connectivity index (χ0n) is 19.6. The summed E-state index contributed by atoms with van der Waals surface area (Å²) in [6.45, 7) is 0.935. The highest BCUT2D eigenvalue weighted by Gasteiger charge is 2.28. The van der Waals surface area contributed by atoms with Gasteiger partial charge in [0.15, 0.2) is 11.5 Å². The Morgan fingerprint density at radius 1 is 0.970 bits per heavy atom. The first-order chi connectivity index (χ1) is 16.0. The van der Waals surface area contributed by atoms with Gasteiger partial charge in [-0.2, -0.15) is 0 Å². The van der Waals surface area contributed by atoms with E-state index in [1.54, 1.807) is 33.5 Å². The number of carbonyl (C=O) groups excluding carboxylic acids is 1. The molecule has 0 saturated heterocycles. The SMILES string of the molecule is COc1cc(NC(=O)NC2CCCC2NCCCCc2ccc(Cl)cc2)cc(OC)c1OC. The summed E-state index contributed by atoms with van der Waals surface area (Å²) in [5.41, 5.74) is 1.88. The van der Waals surface area contributed by atoms with Gasteiger partial charge in [-0.25, -0.2) is 4.79 Å². The molecule has 0 radical (unpaired) electrons. The van der Waals surface area contributed by atoms with Gasteiger partial charge in [-0.15, -0.1) is 0 Å². The Labute approximate surface area is 201 Å². The molecule has 0 aromatic heterocycles. The molecule has 1 fully saturated rings. The summed E-state index contributed by atoms with van der Waals surface area (Å²) in [6.07, 6.45) is 6.36. The average Bonchev–Trinajstić information content (AvgIpc) is 3.25. The van der Waals surface area contributed by atoms with Crippen LogP contribution < -0.4 is 30.2 Å². The molecule has 2 unspecified atom stereocenters. The molecule has 0 bridgehead atoms. The number of methoxy groups -OCH3 is 3. The van der Waals surface area contributed by atoms with E-state index < -0.39 is 0 Å². The normalized spacial score (nSPS) is 17.5. The van der Waals surface area contributed by atoms with Gasteiger partial charge in [-0.1, -0.05) is 23.7 Å². The fourth-order valence-corrected chi connectivity index (χ4v) is 4.38. The number of benzene rings is 2. The Balaban J connectivity index is 1.45. The number of carbonyl (C=O) groups is 1. The number of hydrogen-bond acceptors (Lipinski definition) is 5. The molecular weight excluding hydrogens is 442 g/mol. The minimum absolute atomic E-state index is 0.100. The van der Waals surface area contributed by atoms with Crippen LogP contribution in [0, 0.1) is 0 Å². The lowest BCUT2D eigenvalue weighted by Crippen LogP contribution is -2.48. The summed E-state index contributed by atoms with van der Waals surface area (Å²) < 4.78 is 16.0. The number of urea groups is 1. The predicted molar refractivity (Wildman–Crippen MR) is 132 cm³/mol. The maximum atomic E-state index is 12.7. The zero-order valence-corrected chi connectivity index (χ0v) is 20.3. The molecule has 0 heterocycles. The van der Waals surface area contributed by atoms with Crippen molar-refractivity contribution in [2.75, 3.05) is 33.2 Å². The number of unbranched alkanes of at least 4 members (excludes halogenated alkanes) is 1. The van der Waals surface area contributed by atoms with Crippen LogP contribution in [0.3, 0.4) is 0 Å². The van der Waals surface area contributed by atoms with Crippen LogP contribution in [0.25, 0.3) is 0 Å². The molecule has 3 rings (SSSR count). The van der Waals surface area contributed by atoms with Gasteiger partial charge in [0.1, 0.15) is 0 Å². The number of rotatable bonds is 11. The maximum Gasteiger partial charge on any atom is 0.319 e. The molecule has 3 N–H and O–H groups in total. The summed E-state index contributed by atoms with van der Waals surface area (Å²) >= 11 is 5.94. The highest BCUT2D eigenvalue weighted by Crippen LogP contribution is 2.39. The van der Waals surface area contributed by atoms with E-state index in [1.807, 2.05) is 12.1 Å². The molecule has 2 aromatic rings. The van der Waals surface area contributed by atoms with Crippen molar-refractivity contribution in [3.63, 3.8) is 0 Å². The highest BCUT2D eigenvalue weighted by molar-refractivity contribution is 6.30. The first-order valence-electron chi connectivity index (χ1n) is 11.4. The van der Waals surface area contributed by atoms with E-state index in [1.165, 1.54) is 5.56 Å². The maximum absolute atomic E-state index is 12.7. The van der Waals surface area contributed by atoms with Gasteiger partial charge in [-0.05, 0) is 62.8 Å². The van der Waals surface area contributed by atoms with Gasteiger partial charge >= 0.3 is 6.03 Å². The number of halogens is 1. The molecule has 1 aliphatic carbocycles. The Kier molecular flexibility index (Phi) is 9.51. The predicted octanol–water partition coefficient (Wildman–Crippen LogP) is 5.02. The lowest BCUT2D eigenvalue weighted by molar-refractivity contribution is 0.246. The first kappa shape index (κ1) is 25.0. The van der Waals surface area contributed by atoms with E-state index in [2.05, 4.69) is 28.1 Å². The monoisotopic (exact) mass is 475 g/mol. The second kappa shape index (κ2) is 12.6. The van der Waals surface area contributed by atoms with Gasteiger partial charge in [-0.3, -0.25) is 0 Å². The summed E-state index contributed by atoms with van der Waals surface area (Å²) in [7, 11) is 4.64. The molecule has 180 valence electrons. The van der Waals surface area contributed by atoms with E-state index in [9.17, 15) is 4.79 Å². The first-order valence-corrected chi connectivity index (χ1v) is 11.8. The number of nitrogens with one attached hydrogen (secondary N) is 3. The Morgan fingerprint density at radius 3 is 2.27 bits per heavy atom. The van der Waals surface area contributed by atoms with Crippen molar-refractivity contribution in [2.45, 2.75) is 50.6 Å². The molecule has 7 nitrogen and oxygen atoms in total. The van der Waals surface area contributed by atoms with E-state index >= 15 is 0 Å². The van der Waals surface area contributed by atoms with Gasteiger partial charge in [0, 0.05) is 29.2 Å². The van der Waals surface area contributed by atoms with Crippen molar-refractivity contribution in [1.82, 2.24) is 10.6 Å². The van der Waals surface area contributed by atoms with Gasteiger partial charge in [0.25, 0.3) is 0 Å². The lowest BCUT2D eigenvalue weighted by Gasteiger charge is -2.23. The van der Waals surface area contributed by atoms with E-state index in [4.69, 9.17) is 25.8 Å². The van der Waals surface area contributed by atoms with Gasteiger partial charge in [0.05, 0.1) is 27.0 Å². The second-order valence-electron chi connectivity index (χ2n) is 8.19. The van der Waals surface area contributed by atoms with Crippen molar-refractivity contribution in [1.29, 1.82) is 0 Å². The van der Waals surface area contributed by atoms with Crippen LogP contribution in [0.4, 0.5) is 10.5 Å². The van der Waals surface area contributed by atoms with E-state index in [-0.39, 0.29) is 18.1 Å². The van der Waals surface area contributed by atoms with Gasteiger partial charge < -0.3 is 30.2 Å². The number of aryl methyl sites for hydroxylation is 1. The zero-order chi connectivity index (χ0) is 23.6. The van der Waals surface area contributed by atoms with Crippen molar-refractivity contribution in [2.24, 2.45) is 0 Å². The Morgan fingerprint density at radius 2 is 1.64 bits per heavy atom.